The third kappa shape index (κ3) is 3.00. The van der Waals surface area contributed by atoms with Gasteiger partial charge in [0, 0.05) is 11.6 Å². The molecule has 1 aromatic heterocycles. The van der Waals surface area contributed by atoms with Crippen molar-refractivity contribution in [2.45, 2.75) is 11.8 Å². The summed E-state index contributed by atoms with van der Waals surface area (Å²) >= 11 is 6.07. The van der Waals surface area contributed by atoms with Crippen LogP contribution >= 0.6 is 11.6 Å². The molecule has 118 valence electrons. The van der Waals surface area contributed by atoms with Crippen LogP contribution in [0.1, 0.15) is 5.56 Å². The monoisotopic (exact) mass is 351 g/mol. The molecule has 0 unspecified atom stereocenters. The lowest BCUT2D eigenvalue weighted by Gasteiger charge is -2.10. The summed E-state index contributed by atoms with van der Waals surface area (Å²) in [6.07, 6.45) is 1.51. The average molecular weight is 352 g/mol. The molecule has 0 spiro atoms. The molecule has 1 heterocycles. The van der Waals surface area contributed by atoms with E-state index in [0.717, 1.165) is 12.1 Å². The fraction of sp³-hybridized carbons (Fsp3) is 0.0625. The summed E-state index contributed by atoms with van der Waals surface area (Å²) in [7, 11) is -4.11. The molecule has 0 saturated carbocycles. The highest BCUT2D eigenvalue weighted by Gasteiger charge is 2.20. The molecule has 2 aromatic carbocycles. The van der Waals surface area contributed by atoms with E-state index < -0.39 is 15.9 Å². The normalized spacial score (nSPS) is 11.6. The minimum atomic E-state index is -4.11. The van der Waals surface area contributed by atoms with Crippen LogP contribution < -0.4 is 4.18 Å². The van der Waals surface area contributed by atoms with Crippen LogP contribution in [0, 0.1) is 12.7 Å². The van der Waals surface area contributed by atoms with E-state index in [1.807, 2.05) is 0 Å². The highest BCUT2D eigenvalue weighted by atomic mass is 35.5. The van der Waals surface area contributed by atoms with E-state index in [0.29, 0.717) is 15.9 Å². The average Bonchev–Trinajstić information content (AvgIpc) is 2.53. The summed E-state index contributed by atoms with van der Waals surface area (Å²) in [4.78, 5) is 3.99. The minimum absolute atomic E-state index is 0.0620. The van der Waals surface area contributed by atoms with Gasteiger partial charge in [-0.3, -0.25) is 4.98 Å². The summed E-state index contributed by atoms with van der Waals surface area (Å²) in [5.74, 6) is -0.422. The lowest BCUT2D eigenvalue weighted by atomic mass is 10.2. The van der Waals surface area contributed by atoms with Crippen molar-refractivity contribution in [3.63, 3.8) is 0 Å². The number of aromatic nitrogens is 1. The molecular weight excluding hydrogens is 341 g/mol. The van der Waals surface area contributed by atoms with Crippen molar-refractivity contribution in [3.8, 4) is 5.75 Å². The van der Waals surface area contributed by atoms with Crippen LogP contribution in [0.3, 0.4) is 0 Å². The Morgan fingerprint density at radius 3 is 2.70 bits per heavy atom. The maximum absolute atomic E-state index is 13.3. The molecule has 0 radical (unpaired) electrons. The second kappa shape index (κ2) is 5.79. The number of aryl methyl sites for hydroxylation is 1. The molecule has 4 nitrogen and oxygen atoms in total. The van der Waals surface area contributed by atoms with Crippen LogP contribution in [0.15, 0.2) is 53.6 Å². The second-order valence-corrected chi connectivity index (χ2v) is 6.85. The lowest BCUT2D eigenvalue weighted by molar-refractivity contribution is 0.487. The number of benzene rings is 2. The van der Waals surface area contributed by atoms with Gasteiger partial charge in [0.05, 0.1) is 5.02 Å². The van der Waals surface area contributed by atoms with Crippen molar-refractivity contribution < 1.29 is 17.0 Å². The topological polar surface area (TPSA) is 56.3 Å². The first kappa shape index (κ1) is 15.7. The van der Waals surface area contributed by atoms with Gasteiger partial charge in [0.25, 0.3) is 0 Å². The predicted octanol–water partition coefficient (Wildman–Crippen LogP) is 4.10. The highest BCUT2D eigenvalue weighted by molar-refractivity contribution is 7.87. The van der Waals surface area contributed by atoms with Crippen molar-refractivity contribution in [2.75, 3.05) is 0 Å². The number of fused-ring (bicyclic) bond motifs is 1. The fourth-order valence-corrected chi connectivity index (χ4v) is 3.36. The van der Waals surface area contributed by atoms with Gasteiger partial charge in [-0.25, -0.2) is 4.39 Å². The molecule has 0 atom stereocenters. The molecule has 7 heteroatoms. The van der Waals surface area contributed by atoms with E-state index in [4.69, 9.17) is 15.8 Å². The molecule has 23 heavy (non-hydrogen) atoms. The van der Waals surface area contributed by atoms with Gasteiger partial charge in [-0.05, 0) is 55.0 Å². The number of halogens is 2. The van der Waals surface area contributed by atoms with Crippen LogP contribution in [-0.4, -0.2) is 13.4 Å². The minimum Gasteiger partial charge on any atom is -0.377 e. The standard InChI is InChI=1S/C16H11ClFNO3S/c1-10-9-11(4-6-14(10)18)23(20,21)22-15-7-5-13(17)12-3-2-8-19-16(12)15/h2-9H,1H3. The summed E-state index contributed by atoms with van der Waals surface area (Å²) in [5, 5.41) is 1.02. The first-order valence-corrected chi connectivity index (χ1v) is 8.41. The molecule has 0 aliphatic heterocycles. The van der Waals surface area contributed by atoms with Crippen LogP contribution in [0.5, 0.6) is 5.75 Å². The fourth-order valence-electron chi connectivity index (χ4n) is 2.12. The van der Waals surface area contributed by atoms with Crippen LogP contribution in [0.4, 0.5) is 4.39 Å². The number of hydrogen-bond acceptors (Lipinski definition) is 4. The maximum atomic E-state index is 13.3. The molecule has 0 saturated heterocycles. The van der Waals surface area contributed by atoms with Crippen molar-refractivity contribution in [2.24, 2.45) is 0 Å². The summed E-state index contributed by atoms with van der Waals surface area (Å²) in [6, 6.07) is 9.84. The van der Waals surface area contributed by atoms with Crippen LogP contribution in [0.2, 0.25) is 5.02 Å². The van der Waals surface area contributed by atoms with E-state index in [9.17, 15) is 12.8 Å². The Balaban J connectivity index is 2.07. The summed E-state index contributed by atoms with van der Waals surface area (Å²) in [6.45, 7) is 1.48. The largest absolute Gasteiger partial charge is 0.377 e. The molecular formula is C16H11ClFNO3S. The SMILES string of the molecule is Cc1cc(S(=O)(=O)Oc2ccc(Cl)c3cccnc23)ccc1F. The Hall–Kier alpha value is -2.18. The number of hydrogen-bond donors (Lipinski definition) is 0. The van der Waals surface area contributed by atoms with Gasteiger partial charge in [0.2, 0.25) is 0 Å². The first-order chi connectivity index (χ1) is 10.9. The molecule has 3 aromatic rings. The predicted molar refractivity (Wildman–Crippen MR) is 85.7 cm³/mol. The zero-order chi connectivity index (χ0) is 16.6. The molecule has 0 aliphatic carbocycles. The smallest absolute Gasteiger partial charge is 0.339 e. The molecule has 0 fully saturated rings. The third-order valence-electron chi connectivity index (χ3n) is 3.30. The number of pyridine rings is 1. The molecule has 3 rings (SSSR count). The van der Waals surface area contributed by atoms with Gasteiger partial charge < -0.3 is 4.18 Å². The Morgan fingerprint density at radius 1 is 1.17 bits per heavy atom. The van der Waals surface area contributed by atoms with E-state index in [1.54, 1.807) is 12.1 Å². The highest BCUT2D eigenvalue weighted by Crippen LogP contribution is 2.31. The van der Waals surface area contributed by atoms with Gasteiger partial charge >= 0.3 is 10.1 Å². The van der Waals surface area contributed by atoms with Gasteiger partial charge in [-0.15, -0.1) is 0 Å². The third-order valence-corrected chi connectivity index (χ3v) is 4.86. The van der Waals surface area contributed by atoms with E-state index in [1.165, 1.54) is 31.3 Å². The summed E-state index contributed by atoms with van der Waals surface area (Å²) in [5.41, 5.74) is 0.552. The van der Waals surface area contributed by atoms with Gasteiger partial charge in [-0.2, -0.15) is 8.42 Å². The van der Waals surface area contributed by atoms with E-state index >= 15 is 0 Å². The van der Waals surface area contributed by atoms with Crippen molar-refractivity contribution >= 4 is 32.6 Å². The van der Waals surface area contributed by atoms with Gasteiger partial charge in [0.15, 0.2) is 5.75 Å². The van der Waals surface area contributed by atoms with Crippen LogP contribution in [-0.2, 0) is 10.1 Å². The molecule has 0 aliphatic rings. The lowest BCUT2D eigenvalue weighted by Crippen LogP contribution is -2.10. The number of rotatable bonds is 3. The Kier molecular flexibility index (Phi) is 3.95. The van der Waals surface area contributed by atoms with Crippen LogP contribution in [0.25, 0.3) is 10.9 Å². The molecule has 0 amide bonds. The van der Waals surface area contributed by atoms with Crippen molar-refractivity contribution in [1.82, 2.24) is 4.98 Å². The maximum Gasteiger partial charge on any atom is 0.339 e. The van der Waals surface area contributed by atoms with Crippen molar-refractivity contribution in [3.05, 3.63) is 65.1 Å². The second-order valence-electron chi connectivity index (χ2n) is 4.89. The van der Waals surface area contributed by atoms with E-state index in [-0.39, 0.29) is 16.2 Å². The molecule has 0 bridgehead atoms. The summed E-state index contributed by atoms with van der Waals surface area (Å²) < 4.78 is 43.3. The van der Waals surface area contributed by atoms with Gasteiger partial charge in [-0.1, -0.05) is 11.6 Å². The Labute approximate surface area is 137 Å². The Morgan fingerprint density at radius 2 is 1.96 bits per heavy atom. The zero-order valence-electron chi connectivity index (χ0n) is 12.0. The zero-order valence-corrected chi connectivity index (χ0v) is 13.5. The Bertz CT molecular complexity index is 1010. The molecule has 0 N–H and O–H groups in total. The van der Waals surface area contributed by atoms with Gasteiger partial charge in [0.1, 0.15) is 16.2 Å². The van der Waals surface area contributed by atoms with Crippen molar-refractivity contribution in [1.29, 1.82) is 0 Å². The quantitative estimate of drug-likeness (QED) is 0.666. The number of nitrogens with zero attached hydrogens (tertiary/aromatic N) is 1. The first-order valence-electron chi connectivity index (χ1n) is 6.62. The van der Waals surface area contributed by atoms with E-state index in [2.05, 4.69) is 4.98 Å².